The van der Waals surface area contributed by atoms with Gasteiger partial charge in [0.25, 0.3) is 0 Å². The van der Waals surface area contributed by atoms with E-state index in [-0.39, 0.29) is 0 Å². The number of hydrogen-bond acceptors (Lipinski definition) is 7. The van der Waals surface area contributed by atoms with Crippen LogP contribution in [0.1, 0.15) is 17.0 Å². The first-order valence-corrected chi connectivity index (χ1v) is 9.47. The third-order valence-corrected chi connectivity index (χ3v) is 6.07. The fraction of sp³-hybridized carbons (Fsp3) is 0.579. The third-order valence-electron chi connectivity index (χ3n) is 6.07. The van der Waals surface area contributed by atoms with Crippen molar-refractivity contribution in [3.05, 3.63) is 35.7 Å². The Morgan fingerprint density at radius 1 is 0.923 bits per heavy atom. The van der Waals surface area contributed by atoms with Crippen molar-refractivity contribution in [2.45, 2.75) is 19.9 Å². The lowest BCUT2D eigenvalue weighted by Gasteiger charge is -2.29. The lowest BCUT2D eigenvalue weighted by Crippen LogP contribution is -2.33. The molecule has 2 aromatic rings. The quantitative estimate of drug-likeness (QED) is 0.804. The number of anilines is 2. The van der Waals surface area contributed by atoms with Crippen LogP contribution < -0.4 is 9.80 Å². The molecule has 2 saturated heterocycles. The Morgan fingerprint density at radius 2 is 1.65 bits per heavy atom. The molecular weight excluding hydrogens is 326 g/mol. The second kappa shape index (κ2) is 6.16. The molecule has 0 radical (unpaired) electrons. The highest BCUT2D eigenvalue weighted by molar-refractivity contribution is 5.51. The van der Waals surface area contributed by atoms with E-state index in [1.807, 2.05) is 6.92 Å². The molecule has 2 unspecified atom stereocenters. The van der Waals surface area contributed by atoms with Crippen LogP contribution in [-0.2, 0) is 13.0 Å². The molecule has 0 spiro atoms. The van der Waals surface area contributed by atoms with Crippen molar-refractivity contribution in [2.75, 3.05) is 49.6 Å². The van der Waals surface area contributed by atoms with Crippen molar-refractivity contribution in [2.24, 2.45) is 11.8 Å². The Kier molecular flexibility index (Phi) is 3.77. The number of aromatic nitrogens is 4. The molecule has 2 aromatic heterocycles. The summed E-state index contributed by atoms with van der Waals surface area (Å²) in [5, 5.41) is 0. The average molecular weight is 351 g/mol. The molecule has 5 heterocycles. The molecule has 0 saturated carbocycles. The van der Waals surface area contributed by atoms with Crippen LogP contribution in [-0.4, -0.2) is 64.6 Å². The summed E-state index contributed by atoms with van der Waals surface area (Å²) in [7, 11) is 2.18. The SMILES string of the molecule is Cc1cc(N2CC3CN(c4ncnc5c4CN(C)CC5)CC3C2)ncn1. The van der Waals surface area contributed by atoms with Gasteiger partial charge in [-0.2, -0.15) is 0 Å². The van der Waals surface area contributed by atoms with Gasteiger partial charge in [0.15, 0.2) is 0 Å². The molecule has 0 aliphatic carbocycles. The summed E-state index contributed by atoms with van der Waals surface area (Å²) in [6, 6.07) is 2.09. The summed E-state index contributed by atoms with van der Waals surface area (Å²) in [6.07, 6.45) is 4.46. The minimum Gasteiger partial charge on any atom is -0.356 e. The first-order chi connectivity index (χ1) is 12.7. The Balaban J connectivity index is 1.33. The van der Waals surface area contributed by atoms with Crippen LogP contribution in [0.15, 0.2) is 18.7 Å². The van der Waals surface area contributed by atoms with Gasteiger partial charge in [0.2, 0.25) is 0 Å². The molecule has 0 amide bonds. The number of aryl methyl sites for hydroxylation is 1. The van der Waals surface area contributed by atoms with E-state index >= 15 is 0 Å². The minimum absolute atomic E-state index is 0.678. The highest BCUT2D eigenvalue weighted by Crippen LogP contribution is 2.37. The van der Waals surface area contributed by atoms with E-state index in [0.717, 1.165) is 57.2 Å². The normalized spacial score (nSPS) is 25.5. The number of rotatable bonds is 2. The first kappa shape index (κ1) is 15.9. The van der Waals surface area contributed by atoms with E-state index in [2.05, 4.69) is 47.7 Å². The fourth-order valence-electron chi connectivity index (χ4n) is 4.70. The first-order valence-electron chi connectivity index (χ1n) is 9.47. The second-order valence-corrected chi connectivity index (χ2v) is 7.96. The standard InChI is InChI=1S/C19H25N7/c1-13-5-18(22-11-20-13)25-6-14-8-26(9-15(14)7-25)19-16-10-24(2)4-3-17(16)21-12-23-19/h5,11-12,14-15H,3-4,6-10H2,1-2H3. The van der Waals surface area contributed by atoms with Gasteiger partial charge in [-0.25, -0.2) is 19.9 Å². The van der Waals surface area contributed by atoms with E-state index in [9.17, 15) is 0 Å². The smallest absolute Gasteiger partial charge is 0.136 e. The van der Waals surface area contributed by atoms with Crippen LogP contribution in [0.25, 0.3) is 0 Å². The molecular formula is C19H25N7. The summed E-state index contributed by atoms with van der Waals surface area (Å²) in [4.78, 5) is 25.2. The lowest BCUT2D eigenvalue weighted by molar-refractivity contribution is 0.309. The van der Waals surface area contributed by atoms with Crippen LogP contribution >= 0.6 is 0 Å². The summed E-state index contributed by atoms with van der Waals surface area (Å²) < 4.78 is 0. The fourth-order valence-corrected chi connectivity index (χ4v) is 4.70. The van der Waals surface area contributed by atoms with Gasteiger partial charge >= 0.3 is 0 Å². The molecule has 0 aromatic carbocycles. The van der Waals surface area contributed by atoms with E-state index in [0.29, 0.717) is 11.8 Å². The molecule has 3 aliphatic rings. The maximum Gasteiger partial charge on any atom is 0.136 e. The van der Waals surface area contributed by atoms with E-state index < -0.39 is 0 Å². The Morgan fingerprint density at radius 3 is 2.42 bits per heavy atom. The van der Waals surface area contributed by atoms with Crippen molar-refractivity contribution in [1.82, 2.24) is 24.8 Å². The van der Waals surface area contributed by atoms with Crippen LogP contribution in [0.3, 0.4) is 0 Å². The number of hydrogen-bond donors (Lipinski definition) is 0. The predicted molar refractivity (Wildman–Crippen MR) is 100 cm³/mol. The van der Waals surface area contributed by atoms with Gasteiger partial charge in [0.1, 0.15) is 24.3 Å². The molecule has 26 heavy (non-hydrogen) atoms. The Hall–Kier alpha value is -2.28. The van der Waals surface area contributed by atoms with Crippen molar-refractivity contribution in [1.29, 1.82) is 0 Å². The van der Waals surface area contributed by atoms with Gasteiger partial charge in [-0.05, 0) is 14.0 Å². The molecule has 2 fully saturated rings. The van der Waals surface area contributed by atoms with E-state index in [4.69, 9.17) is 0 Å². The molecule has 5 rings (SSSR count). The van der Waals surface area contributed by atoms with Gasteiger partial charge in [-0.1, -0.05) is 0 Å². The Labute approximate surface area is 154 Å². The maximum atomic E-state index is 4.68. The zero-order chi connectivity index (χ0) is 17.7. The monoisotopic (exact) mass is 351 g/mol. The van der Waals surface area contributed by atoms with Crippen LogP contribution in [0.4, 0.5) is 11.6 Å². The Bertz CT molecular complexity index is 809. The number of nitrogens with zero attached hydrogens (tertiary/aromatic N) is 7. The topological polar surface area (TPSA) is 61.3 Å². The van der Waals surface area contributed by atoms with E-state index in [1.165, 1.54) is 17.1 Å². The summed E-state index contributed by atoms with van der Waals surface area (Å²) in [5.41, 5.74) is 3.61. The predicted octanol–water partition coefficient (Wildman–Crippen LogP) is 1.14. The zero-order valence-corrected chi connectivity index (χ0v) is 15.5. The van der Waals surface area contributed by atoms with Crippen molar-refractivity contribution >= 4 is 11.6 Å². The largest absolute Gasteiger partial charge is 0.356 e. The van der Waals surface area contributed by atoms with Gasteiger partial charge in [-0.3, -0.25) is 0 Å². The molecule has 2 atom stereocenters. The zero-order valence-electron chi connectivity index (χ0n) is 15.5. The molecule has 7 nitrogen and oxygen atoms in total. The average Bonchev–Trinajstić information content (AvgIpc) is 3.20. The van der Waals surface area contributed by atoms with Crippen LogP contribution in [0.5, 0.6) is 0 Å². The number of fused-ring (bicyclic) bond motifs is 2. The summed E-state index contributed by atoms with van der Waals surface area (Å²) in [5.74, 6) is 3.59. The lowest BCUT2D eigenvalue weighted by atomic mass is 10.0. The van der Waals surface area contributed by atoms with Crippen LogP contribution in [0.2, 0.25) is 0 Å². The van der Waals surface area contributed by atoms with E-state index in [1.54, 1.807) is 12.7 Å². The van der Waals surface area contributed by atoms with Crippen molar-refractivity contribution in [3.63, 3.8) is 0 Å². The van der Waals surface area contributed by atoms with Crippen LogP contribution in [0, 0.1) is 18.8 Å². The highest BCUT2D eigenvalue weighted by Gasteiger charge is 2.41. The van der Waals surface area contributed by atoms with Crippen molar-refractivity contribution in [3.8, 4) is 0 Å². The van der Waals surface area contributed by atoms with Gasteiger partial charge in [0.05, 0.1) is 5.69 Å². The molecule has 3 aliphatic heterocycles. The van der Waals surface area contributed by atoms with Crippen molar-refractivity contribution < 1.29 is 0 Å². The van der Waals surface area contributed by atoms with Gasteiger partial charge < -0.3 is 14.7 Å². The maximum absolute atomic E-state index is 4.68. The summed E-state index contributed by atoms with van der Waals surface area (Å²) in [6.45, 7) is 8.39. The molecule has 136 valence electrons. The number of likely N-dealkylation sites (N-methyl/N-ethyl adjacent to an activating group) is 1. The molecule has 0 N–H and O–H groups in total. The van der Waals surface area contributed by atoms with Gasteiger partial charge in [0, 0.05) is 74.8 Å². The summed E-state index contributed by atoms with van der Waals surface area (Å²) >= 11 is 0. The van der Waals surface area contributed by atoms with Gasteiger partial charge in [-0.15, -0.1) is 0 Å². The minimum atomic E-state index is 0.678. The molecule has 7 heteroatoms. The highest BCUT2D eigenvalue weighted by atomic mass is 15.3. The molecule has 0 bridgehead atoms. The second-order valence-electron chi connectivity index (χ2n) is 7.96. The third kappa shape index (κ3) is 2.70.